The molecule has 0 unspecified atom stereocenters. The van der Waals surface area contributed by atoms with Gasteiger partial charge in [-0.05, 0) is 29.8 Å². The molecule has 0 aliphatic carbocycles. The van der Waals surface area contributed by atoms with Crippen molar-refractivity contribution < 1.29 is 23.7 Å². The van der Waals surface area contributed by atoms with Gasteiger partial charge in [0.25, 0.3) is 5.91 Å². The van der Waals surface area contributed by atoms with E-state index in [4.69, 9.17) is 24.7 Å². The van der Waals surface area contributed by atoms with Crippen LogP contribution < -0.4 is 24.7 Å². The van der Waals surface area contributed by atoms with Crippen molar-refractivity contribution in [2.24, 2.45) is 5.73 Å². The van der Waals surface area contributed by atoms with E-state index in [-0.39, 0.29) is 13.4 Å². The van der Waals surface area contributed by atoms with Crippen LogP contribution in [0.15, 0.2) is 36.4 Å². The number of carbonyl (C=O) groups is 1. The van der Waals surface area contributed by atoms with Gasteiger partial charge in [-0.3, -0.25) is 4.79 Å². The van der Waals surface area contributed by atoms with Gasteiger partial charge >= 0.3 is 0 Å². The van der Waals surface area contributed by atoms with Crippen LogP contribution in [0.3, 0.4) is 0 Å². The monoisotopic (exact) mass is 301 g/mol. The fourth-order valence-corrected chi connectivity index (χ4v) is 2.14. The van der Waals surface area contributed by atoms with Crippen molar-refractivity contribution in [2.45, 2.75) is 6.61 Å². The van der Waals surface area contributed by atoms with Crippen LogP contribution >= 0.6 is 0 Å². The second kappa shape index (κ2) is 5.85. The number of hydrogen-bond acceptors (Lipinski definition) is 5. The molecule has 22 heavy (non-hydrogen) atoms. The van der Waals surface area contributed by atoms with Crippen LogP contribution in [0.4, 0.5) is 0 Å². The summed E-state index contributed by atoms with van der Waals surface area (Å²) in [6.07, 6.45) is 0. The lowest BCUT2D eigenvalue weighted by atomic mass is 10.1. The first kappa shape index (κ1) is 14.1. The van der Waals surface area contributed by atoms with E-state index in [1.165, 1.54) is 0 Å². The number of carbonyl (C=O) groups excluding carboxylic acids is 1. The minimum absolute atomic E-state index is 0.224. The SMILES string of the molecule is COc1ccc(C(N)=O)c(OCc2ccc3c(c2)OCO3)c1. The Morgan fingerprint density at radius 3 is 2.77 bits per heavy atom. The molecule has 0 saturated carbocycles. The fraction of sp³-hybridized carbons (Fsp3) is 0.188. The Morgan fingerprint density at radius 1 is 1.18 bits per heavy atom. The molecule has 6 nitrogen and oxygen atoms in total. The molecular weight excluding hydrogens is 286 g/mol. The Kier molecular flexibility index (Phi) is 3.74. The van der Waals surface area contributed by atoms with Crippen molar-refractivity contribution in [3.8, 4) is 23.0 Å². The molecule has 0 aromatic heterocycles. The summed E-state index contributed by atoms with van der Waals surface area (Å²) in [6, 6.07) is 10.4. The van der Waals surface area contributed by atoms with Crippen molar-refractivity contribution in [1.82, 2.24) is 0 Å². The minimum Gasteiger partial charge on any atom is -0.497 e. The highest BCUT2D eigenvalue weighted by Crippen LogP contribution is 2.33. The fourth-order valence-electron chi connectivity index (χ4n) is 2.14. The lowest BCUT2D eigenvalue weighted by molar-refractivity contribution is 0.0996. The maximum Gasteiger partial charge on any atom is 0.252 e. The zero-order chi connectivity index (χ0) is 15.5. The molecule has 3 rings (SSSR count). The van der Waals surface area contributed by atoms with E-state index in [2.05, 4.69) is 0 Å². The van der Waals surface area contributed by atoms with Gasteiger partial charge in [0.15, 0.2) is 11.5 Å². The molecule has 0 fully saturated rings. The van der Waals surface area contributed by atoms with E-state index in [0.717, 1.165) is 5.56 Å². The van der Waals surface area contributed by atoms with Crippen molar-refractivity contribution in [3.63, 3.8) is 0 Å². The largest absolute Gasteiger partial charge is 0.497 e. The van der Waals surface area contributed by atoms with Crippen LogP contribution in [0.2, 0.25) is 0 Å². The number of benzene rings is 2. The molecule has 1 aliphatic heterocycles. The van der Waals surface area contributed by atoms with Gasteiger partial charge in [0.2, 0.25) is 6.79 Å². The van der Waals surface area contributed by atoms with Gasteiger partial charge in [0.05, 0.1) is 12.7 Å². The first-order chi connectivity index (χ1) is 10.7. The molecule has 114 valence electrons. The predicted molar refractivity (Wildman–Crippen MR) is 78.4 cm³/mol. The first-order valence-electron chi connectivity index (χ1n) is 6.66. The van der Waals surface area contributed by atoms with Crippen molar-refractivity contribution in [3.05, 3.63) is 47.5 Å². The third-order valence-corrected chi connectivity index (χ3v) is 3.29. The summed E-state index contributed by atoms with van der Waals surface area (Å²) in [7, 11) is 1.54. The maximum atomic E-state index is 11.5. The highest BCUT2D eigenvalue weighted by Gasteiger charge is 2.15. The van der Waals surface area contributed by atoms with E-state index >= 15 is 0 Å². The topological polar surface area (TPSA) is 80.0 Å². The summed E-state index contributed by atoms with van der Waals surface area (Å²) in [5, 5.41) is 0. The summed E-state index contributed by atoms with van der Waals surface area (Å²) in [5.74, 6) is 1.81. The zero-order valence-corrected chi connectivity index (χ0v) is 12.0. The average molecular weight is 301 g/mol. The van der Waals surface area contributed by atoms with Crippen LogP contribution in [0, 0.1) is 0 Å². The molecule has 0 bridgehead atoms. The number of methoxy groups -OCH3 is 1. The summed E-state index contributed by atoms with van der Waals surface area (Å²) < 4.78 is 21.4. The van der Waals surface area contributed by atoms with E-state index in [0.29, 0.717) is 28.6 Å². The molecule has 1 aliphatic rings. The van der Waals surface area contributed by atoms with Gasteiger partial charge in [0, 0.05) is 6.07 Å². The number of ether oxygens (including phenoxy) is 4. The van der Waals surface area contributed by atoms with Crippen molar-refractivity contribution in [1.29, 1.82) is 0 Å². The Bertz CT molecular complexity index is 714. The van der Waals surface area contributed by atoms with E-state index in [1.54, 1.807) is 25.3 Å². The van der Waals surface area contributed by atoms with Gasteiger partial charge in [0.1, 0.15) is 18.1 Å². The molecule has 6 heteroatoms. The van der Waals surface area contributed by atoms with Crippen LogP contribution in [0.25, 0.3) is 0 Å². The number of amides is 1. The molecule has 0 saturated heterocycles. The zero-order valence-electron chi connectivity index (χ0n) is 12.0. The van der Waals surface area contributed by atoms with Crippen LogP contribution in [-0.4, -0.2) is 19.8 Å². The highest BCUT2D eigenvalue weighted by molar-refractivity contribution is 5.95. The van der Waals surface area contributed by atoms with Gasteiger partial charge < -0.3 is 24.7 Å². The van der Waals surface area contributed by atoms with Gasteiger partial charge in [-0.25, -0.2) is 0 Å². The second-order valence-corrected chi connectivity index (χ2v) is 4.70. The Hall–Kier alpha value is -2.89. The normalized spacial score (nSPS) is 12.0. The van der Waals surface area contributed by atoms with E-state index in [9.17, 15) is 4.79 Å². The smallest absolute Gasteiger partial charge is 0.252 e. The molecule has 1 heterocycles. The van der Waals surface area contributed by atoms with Crippen molar-refractivity contribution >= 4 is 5.91 Å². The van der Waals surface area contributed by atoms with Gasteiger partial charge in [-0.2, -0.15) is 0 Å². The molecule has 0 atom stereocenters. The standard InChI is InChI=1S/C16H15NO5/c1-19-11-3-4-12(16(17)18)14(7-11)20-8-10-2-5-13-15(6-10)22-9-21-13/h2-7H,8-9H2,1H3,(H2,17,18). The third-order valence-electron chi connectivity index (χ3n) is 3.29. The molecular formula is C16H15NO5. The lowest BCUT2D eigenvalue weighted by Gasteiger charge is -2.11. The third kappa shape index (κ3) is 2.76. The average Bonchev–Trinajstić information content (AvgIpc) is 3.00. The molecule has 0 radical (unpaired) electrons. The summed E-state index contributed by atoms with van der Waals surface area (Å²) in [5.41, 5.74) is 6.55. The minimum atomic E-state index is -0.552. The number of hydrogen-bond donors (Lipinski definition) is 1. The number of fused-ring (bicyclic) bond motifs is 1. The first-order valence-corrected chi connectivity index (χ1v) is 6.66. The Balaban J connectivity index is 1.79. The van der Waals surface area contributed by atoms with E-state index in [1.807, 2.05) is 18.2 Å². The molecule has 0 spiro atoms. The number of rotatable bonds is 5. The highest BCUT2D eigenvalue weighted by atomic mass is 16.7. The lowest BCUT2D eigenvalue weighted by Crippen LogP contribution is -2.13. The Labute approximate surface area is 127 Å². The van der Waals surface area contributed by atoms with Crippen molar-refractivity contribution in [2.75, 3.05) is 13.9 Å². The molecule has 2 aromatic rings. The summed E-state index contributed by atoms with van der Waals surface area (Å²) in [6.45, 7) is 0.492. The molecule has 1 amide bonds. The van der Waals surface area contributed by atoms with Gasteiger partial charge in [-0.15, -0.1) is 0 Å². The maximum absolute atomic E-state index is 11.5. The summed E-state index contributed by atoms with van der Waals surface area (Å²) in [4.78, 5) is 11.5. The number of nitrogens with two attached hydrogens (primary N) is 1. The Morgan fingerprint density at radius 2 is 2.00 bits per heavy atom. The molecule has 2 aromatic carbocycles. The molecule has 2 N–H and O–H groups in total. The predicted octanol–water partition coefficient (Wildman–Crippen LogP) is 2.10. The van der Waals surface area contributed by atoms with E-state index < -0.39 is 5.91 Å². The van der Waals surface area contributed by atoms with Gasteiger partial charge in [-0.1, -0.05) is 6.07 Å². The van der Waals surface area contributed by atoms with Crippen LogP contribution in [-0.2, 0) is 6.61 Å². The second-order valence-electron chi connectivity index (χ2n) is 4.70. The quantitative estimate of drug-likeness (QED) is 0.914. The number of primary amides is 1. The summed E-state index contributed by atoms with van der Waals surface area (Å²) >= 11 is 0. The van der Waals surface area contributed by atoms with Crippen LogP contribution in [0.1, 0.15) is 15.9 Å². The van der Waals surface area contributed by atoms with Crippen LogP contribution in [0.5, 0.6) is 23.0 Å².